The number of aliphatic hydroxyl groups excluding tert-OH is 1. The molecule has 1 heterocycles. The van der Waals surface area contributed by atoms with E-state index < -0.39 is 5.97 Å². The van der Waals surface area contributed by atoms with Gasteiger partial charge in [-0.3, -0.25) is 9.78 Å². The van der Waals surface area contributed by atoms with Crippen LogP contribution in [0.1, 0.15) is 15.9 Å². The lowest BCUT2D eigenvalue weighted by Gasteiger charge is -2.06. The van der Waals surface area contributed by atoms with Gasteiger partial charge in [-0.1, -0.05) is 0 Å². The fourth-order valence-electron chi connectivity index (χ4n) is 1.62. The van der Waals surface area contributed by atoms with Gasteiger partial charge in [-0.2, -0.15) is 0 Å². The topological polar surface area (TPSA) is 115 Å². The molecular formula is C13H13N3O4. The van der Waals surface area contributed by atoms with Gasteiger partial charge in [0.1, 0.15) is 0 Å². The smallest absolute Gasteiger partial charge is 0.335 e. The molecule has 0 aliphatic carbocycles. The Kier molecular flexibility index (Phi) is 4.11. The summed E-state index contributed by atoms with van der Waals surface area (Å²) < 4.78 is 0. The summed E-state index contributed by atoms with van der Waals surface area (Å²) in [7, 11) is 0. The Balaban J connectivity index is 2.15. The number of benzene rings is 1. The lowest BCUT2D eigenvalue weighted by atomic mass is 10.2. The molecule has 0 atom stereocenters. The molecule has 20 heavy (non-hydrogen) atoms. The van der Waals surface area contributed by atoms with E-state index in [2.05, 4.69) is 15.3 Å². The zero-order valence-corrected chi connectivity index (χ0v) is 10.5. The summed E-state index contributed by atoms with van der Waals surface area (Å²) in [5.74, 6) is -0.754. The molecule has 0 unspecified atom stereocenters. The molecule has 0 saturated heterocycles. The van der Waals surface area contributed by atoms with Gasteiger partial charge in [-0.25, -0.2) is 9.78 Å². The monoisotopic (exact) mass is 275 g/mol. The van der Waals surface area contributed by atoms with E-state index in [0.29, 0.717) is 11.3 Å². The molecule has 2 aromatic rings. The Bertz CT molecular complexity index is 664. The normalized spacial score (nSPS) is 10.2. The van der Waals surface area contributed by atoms with Crippen LogP contribution in [-0.2, 0) is 6.42 Å². The second kappa shape index (κ2) is 5.98. The molecule has 104 valence electrons. The van der Waals surface area contributed by atoms with Gasteiger partial charge in [0.25, 0.3) is 5.56 Å². The summed E-state index contributed by atoms with van der Waals surface area (Å²) in [6.45, 7) is -0.117. The number of anilines is 2. The van der Waals surface area contributed by atoms with E-state index >= 15 is 0 Å². The summed E-state index contributed by atoms with van der Waals surface area (Å²) in [6.07, 6.45) is 1.64. The summed E-state index contributed by atoms with van der Waals surface area (Å²) >= 11 is 0. The molecule has 1 aromatic carbocycles. The third-order valence-electron chi connectivity index (χ3n) is 2.65. The van der Waals surface area contributed by atoms with E-state index in [4.69, 9.17) is 10.2 Å². The second-order valence-electron chi connectivity index (χ2n) is 4.07. The van der Waals surface area contributed by atoms with Crippen LogP contribution in [-0.4, -0.2) is 32.8 Å². The van der Waals surface area contributed by atoms with Crippen LogP contribution in [0.4, 0.5) is 11.6 Å². The Hall–Kier alpha value is -2.67. The van der Waals surface area contributed by atoms with Crippen molar-refractivity contribution in [2.24, 2.45) is 0 Å². The molecular weight excluding hydrogens is 262 g/mol. The SMILES string of the molecule is O=C(O)c1ccc(Nc2ncc(CCO)c(=O)[nH]2)cc1. The molecule has 0 aliphatic heterocycles. The number of carboxylic acid groups (broad SMARTS) is 1. The minimum atomic E-state index is -1.00. The van der Waals surface area contributed by atoms with E-state index in [-0.39, 0.29) is 30.1 Å². The van der Waals surface area contributed by atoms with Crippen LogP contribution in [0.25, 0.3) is 0 Å². The molecule has 0 radical (unpaired) electrons. The predicted molar refractivity (Wildman–Crippen MR) is 72.3 cm³/mol. The Morgan fingerprint density at radius 3 is 2.55 bits per heavy atom. The number of nitrogens with zero attached hydrogens (tertiary/aromatic N) is 1. The fraction of sp³-hybridized carbons (Fsp3) is 0.154. The minimum absolute atomic E-state index is 0.117. The van der Waals surface area contributed by atoms with E-state index in [1.807, 2.05) is 0 Å². The highest BCUT2D eigenvalue weighted by Crippen LogP contribution is 2.13. The van der Waals surface area contributed by atoms with E-state index in [1.165, 1.54) is 18.3 Å². The summed E-state index contributed by atoms with van der Waals surface area (Å²) in [6, 6.07) is 6.04. The number of aliphatic hydroxyl groups is 1. The van der Waals surface area contributed by atoms with Crippen LogP contribution in [0.3, 0.4) is 0 Å². The van der Waals surface area contributed by atoms with Crippen molar-refractivity contribution in [1.82, 2.24) is 9.97 Å². The highest BCUT2D eigenvalue weighted by molar-refractivity contribution is 5.88. The number of nitrogens with one attached hydrogen (secondary N) is 2. The number of carboxylic acids is 1. The van der Waals surface area contributed by atoms with Crippen molar-refractivity contribution < 1.29 is 15.0 Å². The predicted octanol–water partition coefficient (Wildman–Crippen LogP) is 0.746. The largest absolute Gasteiger partial charge is 0.478 e. The molecule has 1 aromatic heterocycles. The van der Waals surface area contributed by atoms with Crippen molar-refractivity contribution in [3.05, 3.63) is 51.9 Å². The van der Waals surface area contributed by atoms with Crippen molar-refractivity contribution in [1.29, 1.82) is 0 Å². The van der Waals surface area contributed by atoms with Crippen molar-refractivity contribution >= 4 is 17.6 Å². The van der Waals surface area contributed by atoms with Crippen LogP contribution >= 0.6 is 0 Å². The van der Waals surface area contributed by atoms with Gasteiger partial charge < -0.3 is 15.5 Å². The lowest BCUT2D eigenvalue weighted by Crippen LogP contribution is -2.16. The van der Waals surface area contributed by atoms with Gasteiger partial charge in [-0.15, -0.1) is 0 Å². The summed E-state index contributed by atoms with van der Waals surface area (Å²) in [5.41, 5.74) is 0.862. The highest BCUT2D eigenvalue weighted by Gasteiger charge is 2.04. The van der Waals surface area contributed by atoms with Crippen molar-refractivity contribution in [2.45, 2.75) is 6.42 Å². The van der Waals surface area contributed by atoms with Gasteiger partial charge in [0, 0.05) is 30.5 Å². The molecule has 0 fully saturated rings. The van der Waals surface area contributed by atoms with Crippen molar-refractivity contribution in [3.8, 4) is 0 Å². The van der Waals surface area contributed by atoms with Crippen LogP contribution < -0.4 is 10.9 Å². The Labute approximate surface area is 113 Å². The first kappa shape index (κ1) is 13.8. The molecule has 2 rings (SSSR count). The lowest BCUT2D eigenvalue weighted by molar-refractivity contribution is 0.0697. The van der Waals surface area contributed by atoms with E-state index in [1.54, 1.807) is 12.1 Å². The van der Waals surface area contributed by atoms with Gasteiger partial charge in [-0.05, 0) is 24.3 Å². The molecule has 4 N–H and O–H groups in total. The zero-order valence-electron chi connectivity index (χ0n) is 10.5. The maximum absolute atomic E-state index is 11.6. The minimum Gasteiger partial charge on any atom is -0.478 e. The van der Waals surface area contributed by atoms with Crippen LogP contribution in [0.2, 0.25) is 0 Å². The Morgan fingerprint density at radius 2 is 2.00 bits per heavy atom. The van der Waals surface area contributed by atoms with Crippen LogP contribution in [0, 0.1) is 0 Å². The maximum Gasteiger partial charge on any atom is 0.335 e. The number of aromatic amines is 1. The van der Waals surface area contributed by atoms with Crippen LogP contribution in [0.5, 0.6) is 0 Å². The number of hydrogen-bond acceptors (Lipinski definition) is 5. The first-order valence-electron chi connectivity index (χ1n) is 5.89. The third kappa shape index (κ3) is 3.21. The average molecular weight is 275 g/mol. The number of rotatable bonds is 5. The quantitative estimate of drug-likeness (QED) is 0.640. The maximum atomic E-state index is 11.6. The van der Waals surface area contributed by atoms with Gasteiger partial charge in [0.05, 0.1) is 5.56 Å². The van der Waals surface area contributed by atoms with Crippen molar-refractivity contribution in [3.63, 3.8) is 0 Å². The molecule has 0 aliphatic rings. The van der Waals surface area contributed by atoms with E-state index in [9.17, 15) is 9.59 Å². The Morgan fingerprint density at radius 1 is 1.30 bits per heavy atom. The molecule has 0 bridgehead atoms. The molecule has 0 spiro atoms. The summed E-state index contributed by atoms with van der Waals surface area (Å²) in [5, 5.41) is 20.4. The number of H-pyrrole nitrogens is 1. The number of aromatic carboxylic acids is 1. The molecule has 7 heteroatoms. The van der Waals surface area contributed by atoms with Gasteiger partial charge >= 0.3 is 5.97 Å². The van der Waals surface area contributed by atoms with Gasteiger partial charge in [0.15, 0.2) is 0 Å². The molecule has 7 nitrogen and oxygen atoms in total. The number of hydrogen-bond donors (Lipinski definition) is 4. The fourth-order valence-corrected chi connectivity index (χ4v) is 1.62. The average Bonchev–Trinajstić information content (AvgIpc) is 2.42. The first-order chi connectivity index (χ1) is 9.60. The molecule has 0 amide bonds. The zero-order chi connectivity index (χ0) is 14.5. The number of aromatic nitrogens is 2. The standard InChI is InChI=1S/C13H13N3O4/c17-6-5-9-7-14-13(16-11(9)18)15-10-3-1-8(2-4-10)12(19)20/h1-4,7,17H,5-6H2,(H,19,20)(H2,14,15,16,18). The number of carbonyl (C=O) groups is 1. The second-order valence-corrected chi connectivity index (χ2v) is 4.07. The summed E-state index contributed by atoms with van der Waals surface area (Å²) in [4.78, 5) is 28.9. The van der Waals surface area contributed by atoms with Crippen molar-refractivity contribution in [2.75, 3.05) is 11.9 Å². The van der Waals surface area contributed by atoms with Gasteiger partial charge in [0.2, 0.25) is 5.95 Å². The van der Waals surface area contributed by atoms with Crippen LogP contribution in [0.15, 0.2) is 35.3 Å². The third-order valence-corrected chi connectivity index (χ3v) is 2.65. The first-order valence-corrected chi connectivity index (χ1v) is 5.89. The molecule has 0 saturated carbocycles. The van der Waals surface area contributed by atoms with E-state index in [0.717, 1.165) is 0 Å². The highest BCUT2D eigenvalue weighted by atomic mass is 16.4.